The molecule has 0 saturated heterocycles. The maximum absolute atomic E-state index is 11.2. The Hall–Kier alpha value is -0.610. The first-order chi connectivity index (χ1) is 5.74. The molecule has 2 heterocycles. The first-order valence-corrected chi connectivity index (χ1v) is 4.35. The molecule has 0 radical (unpaired) electrons. The molecular formula is C8H7BrO3. The van der Waals surface area contributed by atoms with E-state index in [0.29, 0.717) is 5.57 Å². The van der Waals surface area contributed by atoms with Gasteiger partial charge in [-0.3, -0.25) is 0 Å². The lowest BCUT2D eigenvalue weighted by Gasteiger charge is -2.05. The number of carbonyl (C=O) groups excluding carboxylic acids is 1. The van der Waals surface area contributed by atoms with Crippen molar-refractivity contribution in [2.75, 3.05) is 7.11 Å². The number of hydrogen-bond donors (Lipinski definition) is 0. The van der Waals surface area contributed by atoms with Gasteiger partial charge in [0.05, 0.1) is 12.7 Å². The molecule has 0 N–H and O–H groups in total. The summed E-state index contributed by atoms with van der Waals surface area (Å²) in [5, 5.41) is 0. The second kappa shape index (κ2) is 2.71. The Kier molecular flexibility index (Phi) is 1.81. The molecular weight excluding hydrogens is 224 g/mol. The van der Waals surface area contributed by atoms with Crippen molar-refractivity contribution in [1.29, 1.82) is 0 Å². The van der Waals surface area contributed by atoms with Gasteiger partial charge < -0.3 is 9.47 Å². The molecule has 64 valence electrons. The summed E-state index contributed by atoms with van der Waals surface area (Å²) in [6, 6.07) is 0. The quantitative estimate of drug-likeness (QED) is 0.501. The monoisotopic (exact) mass is 230 g/mol. The van der Waals surface area contributed by atoms with E-state index in [1.807, 2.05) is 12.2 Å². The summed E-state index contributed by atoms with van der Waals surface area (Å²) in [5.41, 5.74) is 0.588. The van der Waals surface area contributed by atoms with Crippen LogP contribution in [0.15, 0.2) is 22.2 Å². The van der Waals surface area contributed by atoms with Gasteiger partial charge in [0.1, 0.15) is 12.2 Å². The number of hydrogen-bond acceptors (Lipinski definition) is 3. The first kappa shape index (κ1) is 8.01. The maximum atomic E-state index is 11.2. The van der Waals surface area contributed by atoms with E-state index in [4.69, 9.17) is 4.74 Å². The normalized spacial score (nSPS) is 31.5. The smallest absolute Gasteiger partial charge is 0.337 e. The zero-order chi connectivity index (χ0) is 8.72. The third kappa shape index (κ3) is 0.949. The molecule has 0 aliphatic carbocycles. The van der Waals surface area contributed by atoms with Crippen LogP contribution in [0.1, 0.15) is 0 Å². The molecule has 2 rings (SSSR count). The Morgan fingerprint density at radius 3 is 2.75 bits per heavy atom. The van der Waals surface area contributed by atoms with Gasteiger partial charge in [-0.1, -0.05) is 28.1 Å². The van der Waals surface area contributed by atoms with Gasteiger partial charge in [-0.05, 0) is 0 Å². The molecule has 0 saturated carbocycles. The van der Waals surface area contributed by atoms with E-state index in [0.717, 1.165) is 4.48 Å². The molecule has 2 unspecified atom stereocenters. The number of methoxy groups -OCH3 is 1. The fourth-order valence-electron chi connectivity index (χ4n) is 1.37. The lowest BCUT2D eigenvalue weighted by molar-refractivity contribution is -0.136. The predicted octanol–water partition coefficient (Wildman–Crippen LogP) is 1.15. The molecule has 0 aromatic rings. The third-order valence-corrected chi connectivity index (χ3v) is 2.83. The molecule has 0 amide bonds. The van der Waals surface area contributed by atoms with Crippen LogP contribution in [0, 0.1) is 0 Å². The van der Waals surface area contributed by atoms with Crippen LogP contribution in [-0.2, 0) is 14.3 Å². The summed E-state index contributed by atoms with van der Waals surface area (Å²) in [5.74, 6) is -0.321. The molecule has 2 bridgehead atoms. The average Bonchev–Trinajstić information content (AvgIpc) is 2.63. The van der Waals surface area contributed by atoms with E-state index in [9.17, 15) is 4.79 Å². The summed E-state index contributed by atoms with van der Waals surface area (Å²) in [6.45, 7) is 0. The molecule has 2 aliphatic rings. The van der Waals surface area contributed by atoms with Gasteiger partial charge in [0.25, 0.3) is 0 Å². The lowest BCUT2D eigenvalue weighted by atomic mass is 10.1. The van der Waals surface area contributed by atoms with Crippen molar-refractivity contribution in [1.82, 2.24) is 0 Å². The number of fused-ring (bicyclic) bond motifs is 2. The molecule has 0 spiro atoms. The number of ether oxygens (including phenoxy) is 2. The molecule has 0 aromatic heterocycles. The fourth-order valence-corrected chi connectivity index (χ4v) is 2.02. The Balaban J connectivity index is 2.32. The predicted molar refractivity (Wildman–Crippen MR) is 45.8 cm³/mol. The molecule has 0 fully saturated rings. The second-order valence-electron chi connectivity index (χ2n) is 2.62. The molecule has 2 aliphatic heterocycles. The molecule has 3 nitrogen and oxygen atoms in total. The minimum Gasteiger partial charge on any atom is -0.466 e. The van der Waals surface area contributed by atoms with E-state index in [2.05, 4.69) is 20.7 Å². The van der Waals surface area contributed by atoms with Crippen molar-refractivity contribution in [3.05, 3.63) is 22.2 Å². The average molecular weight is 231 g/mol. The van der Waals surface area contributed by atoms with E-state index in [-0.39, 0.29) is 18.2 Å². The summed E-state index contributed by atoms with van der Waals surface area (Å²) in [6.07, 6.45) is 3.49. The van der Waals surface area contributed by atoms with E-state index >= 15 is 0 Å². The van der Waals surface area contributed by atoms with E-state index < -0.39 is 0 Å². The van der Waals surface area contributed by atoms with Crippen LogP contribution >= 0.6 is 15.9 Å². The SMILES string of the molecule is COC(=O)C1=C(Br)C2C=CC1O2. The van der Waals surface area contributed by atoms with Crippen LogP contribution in [-0.4, -0.2) is 25.3 Å². The minimum atomic E-state index is -0.321. The van der Waals surface area contributed by atoms with Gasteiger partial charge in [0.2, 0.25) is 0 Å². The van der Waals surface area contributed by atoms with E-state index in [1.54, 1.807) is 0 Å². The van der Waals surface area contributed by atoms with Gasteiger partial charge in [-0.15, -0.1) is 0 Å². The van der Waals surface area contributed by atoms with Crippen molar-refractivity contribution in [2.24, 2.45) is 0 Å². The topological polar surface area (TPSA) is 35.5 Å². The Morgan fingerprint density at radius 1 is 1.58 bits per heavy atom. The highest BCUT2D eigenvalue weighted by Crippen LogP contribution is 2.37. The van der Waals surface area contributed by atoms with Crippen molar-refractivity contribution in [3.8, 4) is 0 Å². The number of esters is 1. The van der Waals surface area contributed by atoms with Crippen molar-refractivity contribution >= 4 is 21.9 Å². The zero-order valence-corrected chi connectivity index (χ0v) is 8.00. The third-order valence-electron chi connectivity index (χ3n) is 1.95. The molecule has 2 atom stereocenters. The zero-order valence-electron chi connectivity index (χ0n) is 6.41. The Labute approximate surface area is 78.2 Å². The summed E-state index contributed by atoms with van der Waals surface area (Å²) >= 11 is 3.31. The molecule has 0 aromatic carbocycles. The van der Waals surface area contributed by atoms with Gasteiger partial charge in [0.15, 0.2) is 0 Å². The fraction of sp³-hybridized carbons (Fsp3) is 0.375. The van der Waals surface area contributed by atoms with Crippen LogP contribution in [0.25, 0.3) is 0 Å². The summed E-state index contributed by atoms with van der Waals surface area (Å²) in [4.78, 5) is 11.2. The largest absolute Gasteiger partial charge is 0.466 e. The Morgan fingerprint density at radius 2 is 2.25 bits per heavy atom. The number of halogens is 1. The highest BCUT2D eigenvalue weighted by molar-refractivity contribution is 9.11. The van der Waals surface area contributed by atoms with Crippen LogP contribution in [0.5, 0.6) is 0 Å². The van der Waals surface area contributed by atoms with Gasteiger partial charge >= 0.3 is 5.97 Å². The lowest BCUT2D eigenvalue weighted by Crippen LogP contribution is -2.14. The standard InChI is InChI=1S/C8H7BrO3/c1-11-8(10)6-4-2-3-5(12-4)7(6)9/h2-5H,1H3. The summed E-state index contributed by atoms with van der Waals surface area (Å²) < 4.78 is 10.8. The van der Waals surface area contributed by atoms with Crippen LogP contribution in [0.3, 0.4) is 0 Å². The van der Waals surface area contributed by atoms with Crippen molar-refractivity contribution in [2.45, 2.75) is 12.2 Å². The van der Waals surface area contributed by atoms with Gasteiger partial charge in [-0.2, -0.15) is 0 Å². The van der Waals surface area contributed by atoms with E-state index in [1.165, 1.54) is 7.11 Å². The first-order valence-electron chi connectivity index (χ1n) is 3.55. The highest BCUT2D eigenvalue weighted by Gasteiger charge is 2.39. The van der Waals surface area contributed by atoms with Crippen LogP contribution < -0.4 is 0 Å². The minimum absolute atomic E-state index is 0.0795. The maximum Gasteiger partial charge on any atom is 0.337 e. The van der Waals surface area contributed by atoms with Crippen molar-refractivity contribution < 1.29 is 14.3 Å². The molecule has 4 heteroatoms. The Bertz CT molecular complexity index is 293. The van der Waals surface area contributed by atoms with Crippen molar-refractivity contribution in [3.63, 3.8) is 0 Å². The molecule has 12 heavy (non-hydrogen) atoms. The number of rotatable bonds is 1. The number of carbonyl (C=O) groups is 1. The highest BCUT2D eigenvalue weighted by atomic mass is 79.9. The second-order valence-corrected chi connectivity index (χ2v) is 3.47. The summed E-state index contributed by atoms with van der Waals surface area (Å²) in [7, 11) is 1.37. The van der Waals surface area contributed by atoms with Crippen LogP contribution in [0.4, 0.5) is 0 Å². The van der Waals surface area contributed by atoms with Gasteiger partial charge in [-0.25, -0.2) is 4.79 Å². The van der Waals surface area contributed by atoms with Crippen LogP contribution in [0.2, 0.25) is 0 Å². The van der Waals surface area contributed by atoms with Gasteiger partial charge in [0, 0.05) is 4.48 Å².